The first kappa shape index (κ1) is 12.8. The Morgan fingerprint density at radius 2 is 2.25 bits per heavy atom. The Bertz CT molecular complexity index is 592. The summed E-state index contributed by atoms with van der Waals surface area (Å²) >= 11 is 0. The number of rotatable bonds is 4. The second kappa shape index (κ2) is 5.41. The van der Waals surface area contributed by atoms with Crippen molar-refractivity contribution in [1.29, 1.82) is 0 Å². The van der Waals surface area contributed by atoms with E-state index in [-0.39, 0.29) is 17.9 Å². The molecule has 0 radical (unpaired) electrons. The number of amides is 1. The standard InChI is InChI=1S/C16H18N2O2/c1-11(9-12-5-4-8-20-12)18-16(19)14-10-17-15-7-3-2-6-13(14)15/h2-8,11,14,17H,9-10H2,1H3,(H,18,19). The van der Waals surface area contributed by atoms with Crippen LogP contribution in [0.4, 0.5) is 5.69 Å². The minimum absolute atomic E-state index is 0.0569. The molecule has 2 atom stereocenters. The number of carbonyl (C=O) groups excluding carboxylic acids is 1. The molecule has 104 valence electrons. The van der Waals surface area contributed by atoms with Crippen molar-refractivity contribution in [2.45, 2.75) is 25.3 Å². The molecule has 1 amide bonds. The molecule has 1 aromatic heterocycles. The fourth-order valence-electron chi connectivity index (χ4n) is 2.64. The molecular formula is C16H18N2O2. The number of fused-ring (bicyclic) bond motifs is 1. The van der Waals surface area contributed by atoms with Gasteiger partial charge in [-0.25, -0.2) is 0 Å². The van der Waals surface area contributed by atoms with Gasteiger partial charge in [0.15, 0.2) is 0 Å². The van der Waals surface area contributed by atoms with Crippen molar-refractivity contribution < 1.29 is 9.21 Å². The highest BCUT2D eigenvalue weighted by molar-refractivity contribution is 5.88. The predicted octanol–water partition coefficient (Wildman–Crippen LogP) is 2.54. The summed E-state index contributed by atoms with van der Waals surface area (Å²) in [5.74, 6) is 0.856. The molecule has 0 saturated heterocycles. The number of para-hydroxylation sites is 1. The van der Waals surface area contributed by atoms with E-state index in [4.69, 9.17) is 4.42 Å². The summed E-state index contributed by atoms with van der Waals surface area (Å²) in [5, 5.41) is 6.33. The van der Waals surface area contributed by atoms with Gasteiger partial charge in [-0.3, -0.25) is 4.79 Å². The van der Waals surface area contributed by atoms with E-state index in [1.165, 1.54) is 0 Å². The summed E-state index contributed by atoms with van der Waals surface area (Å²) < 4.78 is 5.30. The molecule has 0 spiro atoms. The lowest BCUT2D eigenvalue weighted by atomic mass is 10.00. The Hall–Kier alpha value is -2.23. The van der Waals surface area contributed by atoms with Gasteiger partial charge >= 0.3 is 0 Å². The maximum Gasteiger partial charge on any atom is 0.229 e. The molecule has 0 aliphatic carbocycles. The SMILES string of the molecule is CC(Cc1ccco1)NC(=O)C1CNc2ccccc21. The van der Waals surface area contributed by atoms with Crippen LogP contribution in [0.5, 0.6) is 0 Å². The fraction of sp³-hybridized carbons (Fsp3) is 0.312. The Morgan fingerprint density at radius 1 is 1.40 bits per heavy atom. The molecule has 1 aliphatic rings. The minimum Gasteiger partial charge on any atom is -0.469 e. The molecule has 0 saturated carbocycles. The fourth-order valence-corrected chi connectivity index (χ4v) is 2.64. The lowest BCUT2D eigenvalue weighted by molar-refractivity contribution is -0.122. The van der Waals surface area contributed by atoms with Gasteiger partial charge in [-0.1, -0.05) is 18.2 Å². The van der Waals surface area contributed by atoms with Gasteiger partial charge in [-0.15, -0.1) is 0 Å². The van der Waals surface area contributed by atoms with Crippen LogP contribution < -0.4 is 10.6 Å². The molecule has 20 heavy (non-hydrogen) atoms. The number of hydrogen-bond acceptors (Lipinski definition) is 3. The summed E-state index contributed by atoms with van der Waals surface area (Å²) in [6.07, 6.45) is 2.36. The van der Waals surface area contributed by atoms with E-state index < -0.39 is 0 Å². The zero-order valence-electron chi connectivity index (χ0n) is 11.4. The van der Waals surface area contributed by atoms with Crippen LogP contribution in [0.2, 0.25) is 0 Å². The second-order valence-corrected chi connectivity index (χ2v) is 5.21. The third kappa shape index (κ3) is 2.54. The van der Waals surface area contributed by atoms with Crippen LogP contribution in [-0.4, -0.2) is 18.5 Å². The van der Waals surface area contributed by atoms with Gasteiger partial charge < -0.3 is 15.1 Å². The molecular weight excluding hydrogens is 252 g/mol. The van der Waals surface area contributed by atoms with Crippen LogP contribution >= 0.6 is 0 Å². The zero-order valence-corrected chi connectivity index (χ0v) is 11.4. The molecule has 3 rings (SSSR count). The summed E-state index contributed by atoms with van der Waals surface area (Å²) in [6.45, 7) is 2.66. The van der Waals surface area contributed by atoms with E-state index >= 15 is 0 Å². The molecule has 1 aliphatic heterocycles. The van der Waals surface area contributed by atoms with E-state index in [1.54, 1.807) is 6.26 Å². The normalized spacial score (nSPS) is 18.1. The van der Waals surface area contributed by atoms with Crippen molar-refractivity contribution in [3.63, 3.8) is 0 Å². The Labute approximate surface area is 118 Å². The van der Waals surface area contributed by atoms with E-state index in [0.717, 1.165) is 17.0 Å². The average Bonchev–Trinajstić information content (AvgIpc) is 3.07. The van der Waals surface area contributed by atoms with Crippen LogP contribution in [-0.2, 0) is 11.2 Å². The Balaban J connectivity index is 1.63. The van der Waals surface area contributed by atoms with Crippen LogP contribution in [0.25, 0.3) is 0 Å². The number of hydrogen-bond donors (Lipinski definition) is 2. The van der Waals surface area contributed by atoms with Crippen molar-refractivity contribution >= 4 is 11.6 Å². The molecule has 2 unspecified atom stereocenters. The van der Waals surface area contributed by atoms with Gasteiger partial charge in [0.05, 0.1) is 12.2 Å². The lowest BCUT2D eigenvalue weighted by Crippen LogP contribution is -2.38. The quantitative estimate of drug-likeness (QED) is 0.897. The maximum absolute atomic E-state index is 12.4. The van der Waals surface area contributed by atoms with Gasteiger partial charge in [-0.2, -0.15) is 0 Å². The topological polar surface area (TPSA) is 54.3 Å². The zero-order chi connectivity index (χ0) is 13.9. The lowest BCUT2D eigenvalue weighted by Gasteiger charge is -2.16. The third-order valence-corrected chi connectivity index (χ3v) is 3.63. The van der Waals surface area contributed by atoms with Crippen molar-refractivity contribution in [3.8, 4) is 0 Å². The van der Waals surface area contributed by atoms with Gasteiger partial charge in [-0.05, 0) is 30.7 Å². The molecule has 2 N–H and O–H groups in total. The summed E-state index contributed by atoms with van der Waals surface area (Å²) in [4.78, 5) is 12.4. The first-order chi connectivity index (χ1) is 9.74. The highest BCUT2D eigenvalue weighted by Gasteiger charge is 2.28. The van der Waals surface area contributed by atoms with Gasteiger partial charge in [0.2, 0.25) is 5.91 Å². The molecule has 4 nitrogen and oxygen atoms in total. The van der Waals surface area contributed by atoms with E-state index in [1.807, 2.05) is 43.3 Å². The van der Waals surface area contributed by atoms with Crippen molar-refractivity contribution in [1.82, 2.24) is 5.32 Å². The minimum atomic E-state index is -0.106. The van der Waals surface area contributed by atoms with E-state index in [2.05, 4.69) is 10.6 Å². The number of furan rings is 1. The van der Waals surface area contributed by atoms with Gasteiger partial charge in [0, 0.05) is 24.7 Å². The predicted molar refractivity (Wildman–Crippen MR) is 77.7 cm³/mol. The summed E-state index contributed by atoms with van der Waals surface area (Å²) in [6, 6.07) is 11.8. The molecule has 2 aromatic rings. The van der Waals surface area contributed by atoms with Crippen LogP contribution in [0.1, 0.15) is 24.2 Å². The van der Waals surface area contributed by atoms with E-state index in [9.17, 15) is 4.79 Å². The van der Waals surface area contributed by atoms with Crippen molar-refractivity contribution in [2.75, 3.05) is 11.9 Å². The smallest absolute Gasteiger partial charge is 0.229 e. The Kier molecular flexibility index (Phi) is 3.46. The van der Waals surface area contributed by atoms with Gasteiger partial charge in [0.25, 0.3) is 0 Å². The monoisotopic (exact) mass is 270 g/mol. The molecule has 4 heteroatoms. The average molecular weight is 270 g/mol. The van der Waals surface area contributed by atoms with Crippen LogP contribution in [0, 0.1) is 0 Å². The highest BCUT2D eigenvalue weighted by atomic mass is 16.3. The maximum atomic E-state index is 12.4. The number of nitrogens with one attached hydrogen (secondary N) is 2. The number of benzene rings is 1. The number of carbonyl (C=O) groups is 1. The summed E-state index contributed by atoms with van der Waals surface area (Å²) in [5.41, 5.74) is 2.14. The molecule has 0 fully saturated rings. The Morgan fingerprint density at radius 3 is 3.05 bits per heavy atom. The van der Waals surface area contributed by atoms with Crippen LogP contribution in [0.3, 0.4) is 0 Å². The van der Waals surface area contributed by atoms with Crippen LogP contribution in [0.15, 0.2) is 47.1 Å². The summed E-state index contributed by atoms with van der Waals surface area (Å²) in [7, 11) is 0. The second-order valence-electron chi connectivity index (χ2n) is 5.21. The first-order valence-electron chi connectivity index (χ1n) is 6.89. The third-order valence-electron chi connectivity index (χ3n) is 3.63. The van der Waals surface area contributed by atoms with Crippen molar-refractivity contribution in [3.05, 3.63) is 54.0 Å². The largest absolute Gasteiger partial charge is 0.469 e. The highest BCUT2D eigenvalue weighted by Crippen LogP contribution is 2.31. The number of anilines is 1. The first-order valence-corrected chi connectivity index (χ1v) is 6.89. The van der Waals surface area contributed by atoms with Crippen molar-refractivity contribution in [2.24, 2.45) is 0 Å². The molecule has 2 heterocycles. The molecule has 0 bridgehead atoms. The van der Waals surface area contributed by atoms with E-state index in [0.29, 0.717) is 13.0 Å². The molecule has 1 aromatic carbocycles. The van der Waals surface area contributed by atoms with Gasteiger partial charge in [0.1, 0.15) is 5.76 Å².